The first-order chi connectivity index (χ1) is 12.1. The predicted molar refractivity (Wildman–Crippen MR) is 88.2 cm³/mol. The smallest absolute Gasteiger partial charge is 0.309 e. The fourth-order valence-corrected chi connectivity index (χ4v) is 2.94. The molecule has 1 aliphatic rings. The van der Waals surface area contributed by atoms with E-state index in [-0.39, 0.29) is 24.9 Å². The number of nitrogens with one attached hydrogen (secondary N) is 1. The number of amides is 1. The first kappa shape index (κ1) is 16.9. The summed E-state index contributed by atoms with van der Waals surface area (Å²) in [6.07, 6.45) is 4.77. The van der Waals surface area contributed by atoms with Gasteiger partial charge in [0.05, 0.1) is 18.3 Å². The molecule has 8 nitrogen and oxygen atoms in total. The largest absolute Gasteiger partial charge is 0.482 e. The van der Waals surface area contributed by atoms with Gasteiger partial charge >= 0.3 is 5.97 Å². The second-order valence-corrected chi connectivity index (χ2v) is 6.02. The molecule has 0 aromatic carbocycles. The number of carbonyl (C=O) groups is 2. The van der Waals surface area contributed by atoms with Gasteiger partial charge in [-0.05, 0) is 31.0 Å². The van der Waals surface area contributed by atoms with Crippen molar-refractivity contribution < 1.29 is 19.4 Å². The average molecular weight is 344 g/mol. The number of hydrogen-bond acceptors (Lipinski definition) is 5. The summed E-state index contributed by atoms with van der Waals surface area (Å²) in [5, 5.41) is 15.8. The highest BCUT2D eigenvalue weighted by Gasteiger charge is 2.25. The molecule has 8 heteroatoms. The van der Waals surface area contributed by atoms with Gasteiger partial charge in [-0.25, -0.2) is 0 Å². The number of carbonyl (C=O) groups excluding carboxylic acids is 1. The van der Waals surface area contributed by atoms with Crippen molar-refractivity contribution >= 4 is 11.9 Å². The zero-order chi connectivity index (χ0) is 17.6. The Balaban J connectivity index is 1.47. The molecule has 1 saturated heterocycles. The number of aromatic nitrogens is 3. The van der Waals surface area contributed by atoms with Crippen molar-refractivity contribution in [2.45, 2.75) is 25.2 Å². The molecule has 0 radical (unpaired) electrons. The van der Waals surface area contributed by atoms with Gasteiger partial charge in [0.1, 0.15) is 5.75 Å². The molecule has 0 atom stereocenters. The van der Waals surface area contributed by atoms with E-state index >= 15 is 0 Å². The zero-order valence-electron chi connectivity index (χ0n) is 13.7. The van der Waals surface area contributed by atoms with E-state index in [0.717, 1.165) is 18.5 Å². The van der Waals surface area contributed by atoms with E-state index in [2.05, 4.69) is 15.2 Å². The van der Waals surface area contributed by atoms with Crippen LogP contribution in [0.1, 0.15) is 30.1 Å². The molecule has 2 N–H and O–H groups in total. The number of aromatic amines is 1. The van der Waals surface area contributed by atoms with Crippen LogP contribution in [0.15, 0.2) is 30.6 Å². The summed E-state index contributed by atoms with van der Waals surface area (Å²) < 4.78 is 5.45. The van der Waals surface area contributed by atoms with E-state index in [9.17, 15) is 9.59 Å². The molecular formula is C17H20N4O4. The maximum atomic E-state index is 12.2. The molecule has 0 unspecified atom stereocenters. The Kier molecular flexibility index (Phi) is 5.27. The second kappa shape index (κ2) is 7.78. The Morgan fingerprint density at radius 1 is 1.36 bits per heavy atom. The Morgan fingerprint density at radius 3 is 2.84 bits per heavy atom. The summed E-state index contributed by atoms with van der Waals surface area (Å²) in [6, 6.07) is 5.33. The van der Waals surface area contributed by atoms with Crippen molar-refractivity contribution in [3.63, 3.8) is 0 Å². The van der Waals surface area contributed by atoms with Crippen molar-refractivity contribution in [2.75, 3.05) is 19.7 Å². The number of aliphatic carboxylic acids is 1. The molecule has 1 aliphatic heterocycles. The Labute approximate surface area is 144 Å². The van der Waals surface area contributed by atoms with E-state index in [0.29, 0.717) is 24.5 Å². The Hall–Kier alpha value is -2.90. The van der Waals surface area contributed by atoms with Crippen molar-refractivity contribution in [3.8, 4) is 5.75 Å². The highest BCUT2D eigenvalue weighted by molar-refractivity contribution is 5.77. The van der Waals surface area contributed by atoms with Crippen molar-refractivity contribution in [3.05, 3.63) is 42.0 Å². The third-order valence-electron chi connectivity index (χ3n) is 4.26. The van der Waals surface area contributed by atoms with Crippen LogP contribution in [0.4, 0.5) is 0 Å². The van der Waals surface area contributed by atoms with E-state index in [4.69, 9.17) is 9.84 Å². The van der Waals surface area contributed by atoms with Crippen LogP contribution in [0.25, 0.3) is 0 Å². The van der Waals surface area contributed by atoms with Gasteiger partial charge in [0.2, 0.25) is 0 Å². The van der Waals surface area contributed by atoms with E-state index < -0.39 is 5.97 Å². The molecule has 25 heavy (non-hydrogen) atoms. The summed E-state index contributed by atoms with van der Waals surface area (Å²) in [5.41, 5.74) is 1.47. The van der Waals surface area contributed by atoms with E-state index in [1.165, 1.54) is 0 Å². The second-order valence-electron chi connectivity index (χ2n) is 6.02. The molecule has 0 saturated carbocycles. The van der Waals surface area contributed by atoms with Crippen LogP contribution in [0, 0.1) is 0 Å². The summed E-state index contributed by atoms with van der Waals surface area (Å²) >= 11 is 0. The fourth-order valence-electron chi connectivity index (χ4n) is 2.94. The van der Waals surface area contributed by atoms with Crippen LogP contribution < -0.4 is 4.74 Å². The van der Waals surface area contributed by atoms with Crippen molar-refractivity contribution in [2.24, 2.45) is 0 Å². The van der Waals surface area contributed by atoms with Crippen LogP contribution in [0.5, 0.6) is 5.75 Å². The van der Waals surface area contributed by atoms with Crippen LogP contribution in [-0.2, 0) is 16.0 Å². The van der Waals surface area contributed by atoms with Gasteiger partial charge in [0.25, 0.3) is 5.91 Å². The third-order valence-corrected chi connectivity index (χ3v) is 4.26. The average Bonchev–Trinajstić information content (AvgIpc) is 3.08. The van der Waals surface area contributed by atoms with Gasteiger partial charge in [-0.2, -0.15) is 5.10 Å². The van der Waals surface area contributed by atoms with E-state index in [1.54, 1.807) is 29.4 Å². The van der Waals surface area contributed by atoms with Crippen molar-refractivity contribution in [1.29, 1.82) is 0 Å². The topological polar surface area (TPSA) is 108 Å². The first-order valence-electron chi connectivity index (χ1n) is 8.18. The van der Waals surface area contributed by atoms with Crippen molar-refractivity contribution in [1.82, 2.24) is 20.1 Å². The summed E-state index contributed by atoms with van der Waals surface area (Å²) in [6.45, 7) is 1.28. The lowest BCUT2D eigenvalue weighted by Crippen LogP contribution is -2.40. The molecular weight excluding hydrogens is 324 g/mol. The SMILES string of the molecule is O=C(O)Cc1cc(C2CCN(C(=O)COc3cccnc3)CC2)n[nH]1. The molecule has 0 spiro atoms. The van der Waals surface area contributed by atoms with Crippen LogP contribution >= 0.6 is 0 Å². The minimum atomic E-state index is -0.885. The molecule has 0 bridgehead atoms. The summed E-state index contributed by atoms with van der Waals surface area (Å²) in [7, 11) is 0. The third kappa shape index (κ3) is 4.56. The molecule has 2 aromatic rings. The number of H-pyrrole nitrogens is 1. The molecule has 0 aliphatic carbocycles. The maximum Gasteiger partial charge on any atom is 0.309 e. The molecule has 3 heterocycles. The highest BCUT2D eigenvalue weighted by atomic mass is 16.5. The standard InChI is InChI=1S/C17H20N4O4/c22-16(11-25-14-2-1-5-18-10-14)21-6-3-12(4-7-21)15-8-13(19-20-15)9-17(23)24/h1-2,5,8,10,12H,3-4,6-7,9,11H2,(H,19,20)(H,23,24). The number of carboxylic acid groups (broad SMARTS) is 1. The summed E-state index contributed by atoms with van der Waals surface area (Å²) in [5.74, 6) is -0.115. The number of pyridine rings is 1. The van der Waals surface area contributed by atoms with Crippen LogP contribution in [0.2, 0.25) is 0 Å². The Morgan fingerprint density at radius 2 is 2.16 bits per heavy atom. The molecule has 1 fully saturated rings. The minimum absolute atomic E-state index is 0.00151. The van der Waals surface area contributed by atoms with Gasteiger partial charge < -0.3 is 14.7 Å². The number of piperidine rings is 1. The maximum absolute atomic E-state index is 12.2. The molecule has 3 rings (SSSR count). The minimum Gasteiger partial charge on any atom is -0.482 e. The Bertz CT molecular complexity index is 723. The van der Waals surface area contributed by atoms with Crippen LogP contribution in [-0.4, -0.2) is 56.8 Å². The van der Waals surface area contributed by atoms with Gasteiger partial charge in [-0.1, -0.05) is 0 Å². The quantitative estimate of drug-likeness (QED) is 0.815. The first-order valence-corrected chi connectivity index (χ1v) is 8.18. The molecule has 2 aromatic heterocycles. The lowest BCUT2D eigenvalue weighted by atomic mass is 9.93. The number of ether oxygens (including phenoxy) is 1. The van der Waals surface area contributed by atoms with E-state index in [1.807, 2.05) is 6.07 Å². The molecule has 132 valence electrons. The monoisotopic (exact) mass is 344 g/mol. The lowest BCUT2D eigenvalue weighted by Gasteiger charge is -2.31. The number of likely N-dealkylation sites (tertiary alicyclic amines) is 1. The predicted octanol–water partition coefficient (Wildman–Crippen LogP) is 1.22. The van der Waals surface area contributed by atoms with Gasteiger partial charge in [-0.15, -0.1) is 0 Å². The van der Waals surface area contributed by atoms with Crippen LogP contribution in [0.3, 0.4) is 0 Å². The fraction of sp³-hybridized carbons (Fsp3) is 0.412. The highest BCUT2D eigenvalue weighted by Crippen LogP contribution is 2.27. The normalized spacial score (nSPS) is 15.1. The number of hydrogen-bond donors (Lipinski definition) is 2. The number of carboxylic acids is 1. The number of rotatable bonds is 6. The van der Waals surface area contributed by atoms with Gasteiger partial charge in [-0.3, -0.25) is 19.7 Å². The molecule has 1 amide bonds. The lowest BCUT2D eigenvalue weighted by molar-refractivity contribution is -0.136. The summed E-state index contributed by atoms with van der Waals surface area (Å²) in [4.78, 5) is 28.7. The van der Waals surface area contributed by atoms with Gasteiger partial charge in [0.15, 0.2) is 6.61 Å². The van der Waals surface area contributed by atoms with Gasteiger partial charge in [0, 0.05) is 30.9 Å². The number of nitrogens with zero attached hydrogens (tertiary/aromatic N) is 3. The zero-order valence-corrected chi connectivity index (χ0v) is 13.7.